The minimum absolute atomic E-state index is 0.0105. The summed E-state index contributed by atoms with van der Waals surface area (Å²) in [5.74, 6) is -0.304. The summed E-state index contributed by atoms with van der Waals surface area (Å²) < 4.78 is 16.5. The number of alkyl carbamates (subject to hydrolysis) is 1. The fourth-order valence-electron chi connectivity index (χ4n) is 3.47. The van der Waals surface area contributed by atoms with Gasteiger partial charge in [0.2, 0.25) is 0 Å². The van der Waals surface area contributed by atoms with Crippen LogP contribution in [0.3, 0.4) is 0 Å². The lowest BCUT2D eigenvalue weighted by Crippen LogP contribution is -2.45. The molecule has 0 aromatic carbocycles. The van der Waals surface area contributed by atoms with E-state index in [1.54, 1.807) is 0 Å². The number of ether oxygens (including phenoxy) is 3. The van der Waals surface area contributed by atoms with Crippen molar-refractivity contribution < 1.29 is 23.8 Å². The summed E-state index contributed by atoms with van der Waals surface area (Å²) in [6.45, 7) is 4.41. The minimum atomic E-state index is -0.731. The molecule has 0 unspecified atom stereocenters. The third-order valence-electron chi connectivity index (χ3n) is 4.59. The predicted molar refractivity (Wildman–Crippen MR) is 72.1 cm³/mol. The van der Waals surface area contributed by atoms with Crippen LogP contribution in [0.25, 0.3) is 0 Å². The summed E-state index contributed by atoms with van der Waals surface area (Å²) in [4.78, 5) is 23.6. The Morgan fingerprint density at radius 3 is 2.95 bits per heavy atom. The van der Waals surface area contributed by atoms with E-state index >= 15 is 0 Å². The van der Waals surface area contributed by atoms with Gasteiger partial charge in [-0.05, 0) is 20.3 Å². The molecule has 0 aromatic heterocycles. The maximum atomic E-state index is 12.1. The van der Waals surface area contributed by atoms with E-state index < -0.39 is 12.4 Å². The molecule has 0 spiro atoms. The van der Waals surface area contributed by atoms with Crippen LogP contribution in [0.2, 0.25) is 0 Å². The van der Waals surface area contributed by atoms with Crippen LogP contribution >= 0.6 is 0 Å². The second-order valence-electron chi connectivity index (χ2n) is 5.75. The molecule has 7 heteroatoms. The van der Waals surface area contributed by atoms with Gasteiger partial charge in [0.05, 0.1) is 23.9 Å². The Morgan fingerprint density at radius 2 is 2.29 bits per heavy atom. The van der Waals surface area contributed by atoms with Crippen molar-refractivity contribution in [2.75, 3.05) is 13.6 Å². The Kier molecular flexibility index (Phi) is 3.32. The van der Waals surface area contributed by atoms with E-state index in [-0.39, 0.29) is 29.4 Å². The number of amides is 2. The standard InChI is InChI=1S/C14H20N2O5/c1-4-16-11(17)8-6-19-12(20-13(18)15-3)10-7(8)5-9-14(10,2)21-9/h6-7,9-10,12H,4-5H2,1-3H3,(H,15,18)(H,16,17)/t7-,9+,10+,12+,14+/m1/s1. The van der Waals surface area contributed by atoms with Gasteiger partial charge in [-0.1, -0.05) is 0 Å². The molecule has 116 valence electrons. The van der Waals surface area contributed by atoms with Crippen LogP contribution in [0.5, 0.6) is 0 Å². The molecule has 3 rings (SSSR count). The number of rotatable bonds is 3. The first-order valence-corrected chi connectivity index (χ1v) is 7.21. The molecule has 2 heterocycles. The molecule has 0 bridgehead atoms. The largest absolute Gasteiger partial charge is 0.461 e. The highest BCUT2D eigenvalue weighted by Crippen LogP contribution is 2.60. The van der Waals surface area contributed by atoms with Crippen LogP contribution in [0, 0.1) is 11.8 Å². The number of carbonyl (C=O) groups excluding carboxylic acids is 2. The van der Waals surface area contributed by atoms with Crippen molar-refractivity contribution in [1.82, 2.24) is 10.6 Å². The molecule has 3 aliphatic rings. The number of hydrogen-bond donors (Lipinski definition) is 2. The first kappa shape index (κ1) is 14.2. The second-order valence-corrected chi connectivity index (χ2v) is 5.75. The van der Waals surface area contributed by atoms with Gasteiger partial charge in [-0.15, -0.1) is 0 Å². The highest BCUT2D eigenvalue weighted by atomic mass is 16.7. The normalized spacial score (nSPS) is 39.3. The summed E-state index contributed by atoms with van der Waals surface area (Å²) >= 11 is 0. The monoisotopic (exact) mass is 296 g/mol. The molecule has 21 heavy (non-hydrogen) atoms. The highest BCUT2D eigenvalue weighted by molar-refractivity contribution is 5.94. The Labute approximate surface area is 123 Å². The lowest BCUT2D eigenvalue weighted by molar-refractivity contribution is -0.142. The number of likely N-dealkylation sites (N-methyl/N-ethyl adjacent to an activating group) is 1. The second kappa shape index (κ2) is 4.91. The van der Waals surface area contributed by atoms with Crippen molar-refractivity contribution in [3.8, 4) is 0 Å². The van der Waals surface area contributed by atoms with Crippen molar-refractivity contribution >= 4 is 12.0 Å². The van der Waals surface area contributed by atoms with Gasteiger partial charge >= 0.3 is 6.09 Å². The third kappa shape index (κ3) is 2.16. The SMILES string of the molecule is CCNC(=O)C1=CO[C@@H](OC(=O)NC)[C@@H]2[C@@H]1C[C@@H]1O[C@]21C. The van der Waals surface area contributed by atoms with E-state index in [4.69, 9.17) is 14.2 Å². The third-order valence-corrected chi connectivity index (χ3v) is 4.59. The molecule has 0 radical (unpaired) electrons. The molecule has 0 aromatic rings. The van der Waals surface area contributed by atoms with E-state index in [1.807, 2.05) is 13.8 Å². The van der Waals surface area contributed by atoms with E-state index in [1.165, 1.54) is 13.3 Å². The molecule has 1 aliphatic carbocycles. The van der Waals surface area contributed by atoms with Gasteiger partial charge in [0.1, 0.15) is 5.60 Å². The predicted octanol–water partition coefficient (Wildman–Crippen LogP) is 0.512. The van der Waals surface area contributed by atoms with E-state index in [0.717, 1.165) is 6.42 Å². The Bertz CT molecular complexity index is 506. The number of nitrogens with one attached hydrogen (secondary N) is 2. The molecular weight excluding hydrogens is 276 g/mol. The van der Waals surface area contributed by atoms with Gasteiger partial charge < -0.3 is 24.8 Å². The fourth-order valence-corrected chi connectivity index (χ4v) is 3.47. The molecule has 2 N–H and O–H groups in total. The van der Waals surface area contributed by atoms with Crippen LogP contribution in [0.1, 0.15) is 20.3 Å². The summed E-state index contributed by atoms with van der Waals surface area (Å²) in [5.41, 5.74) is 0.227. The first-order valence-electron chi connectivity index (χ1n) is 7.21. The zero-order chi connectivity index (χ0) is 15.2. The molecule has 2 amide bonds. The molecule has 1 saturated heterocycles. The van der Waals surface area contributed by atoms with Crippen molar-refractivity contribution in [2.45, 2.75) is 38.3 Å². The Hall–Kier alpha value is -1.76. The molecule has 1 saturated carbocycles. The van der Waals surface area contributed by atoms with Crippen molar-refractivity contribution in [2.24, 2.45) is 11.8 Å². The fraction of sp³-hybridized carbons (Fsp3) is 0.714. The lowest BCUT2D eigenvalue weighted by atomic mass is 9.82. The molecular formula is C14H20N2O5. The number of hydrogen-bond acceptors (Lipinski definition) is 5. The van der Waals surface area contributed by atoms with Crippen LogP contribution in [-0.2, 0) is 19.0 Å². The number of carbonyl (C=O) groups is 2. The molecule has 7 nitrogen and oxygen atoms in total. The van der Waals surface area contributed by atoms with E-state index in [9.17, 15) is 9.59 Å². The summed E-state index contributed by atoms with van der Waals surface area (Å²) in [5, 5.41) is 5.19. The first-order chi connectivity index (χ1) is 10.0. The van der Waals surface area contributed by atoms with Gasteiger partial charge in [-0.25, -0.2) is 4.79 Å². The maximum absolute atomic E-state index is 12.1. The van der Waals surface area contributed by atoms with Gasteiger partial charge in [-0.3, -0.25) is 4.79 Å². The van der Waals surface area contributed by atoms with Crippen LogP contribution in [0.4, 0.5) is 4.79 Å². The van der Waals surface area contributed by atoms with Crippen molar-refractivity contribution in [3.63, 3.8) is 0 Å². The van der Waals surface area contributed by atoms with Gasteiger partial charge in [0.25, 0.3) is 12.2 Å². The lowest BCUT2D eigenvalue weighted by Gasteiger charge is -2.36. The van der Waals surface area contributed by atoms with Gasteiger partial charge in [0.15, 0.2) is 0 Å². The highest BCUT2D eigenvalue weighted by Gasteiger charge is 2.70. The summed E-state index contributed by atoms with van der Waals surface area (Å²) in [6.07, 6.45) is 0.990. The Balaban J connectivity index is 1.83. The average molecular weight is 296 g/mol. The van der Waals surface area contributed by atoms with Crippen molar-refractivity contribution in [3.05, 3.63) is 11.8 Å². The zero-order valence-electron chi connectivity index (χ0n) is 12.3. The van der Waals surface area contributed by atoms with Crippen molar-refractivity contribution in [1.29, 1.82) is 0 Å². The molecule has 2 aliphatic heterocycles. The van der Waals surface area contributed by atoms with Gasteiger partial charge in [-0.2, -0.15) is 0 Å². The average Bonchev–Trinajstić information content (AvgIpc) is 3.01. The minimum Gasteiger partial charge on any atom is -0.461 e. The maximum Gasteiger partial charge on any atom is 0.409 e. The van der Waals surface area contributed by atoms with Gasteiger partial charge in [0, 0.05) is 19.5 Å². The van der Waals surface area contributed by atoms with E-state index in [2.05, 4.69) is 10.6 Å². The smallest absolute Gasteiger partial charge is 0.409 e. The van der Waals surface area contributed by atoms with Crippen LogP contribution < -0.4 is 10.6 Å². The summed E-state index contributed by atoms with van der Waals surface area (Å²) in [6, 6.07) is 0. The molecule has 5 atom stereocenters. The van der Waals surface area contributed by atoms with Crippen LogP contribution in [-0.4, -0.2) is 43.6 Å². The van der Waals surface area contributed by atoms with E-state index in [0.29, 0.717) is 12.1 Å². The number of epoxide rings is 1. The number of fused-ring (bicyclic) bond motifs is 3. The van der Waals surface area contributed by atoms with Crippen LogP contribution in [0.15, 0.2) is 11.8 Å². The Morgan fingerprint density at radius 1 is 1.52 bits per heavy atom. The quantitative estimate of drug-likeness (QED) is 0.741. The summed E-state index contributed by atoms with van der Waals surface area (Å²) in [7, 11) is 1.49. The zero-order valence-corrected chi connectivity index (χ0v) is 12.3. The molecule has 2 fully saturated rings. The topological polar surface area (TPSA) is 89.2 Å².